The lowest BCUT2D eigenvalue weighted by Gasteiger charge is -2.36. The summed E-state index contributed by atoms with van der Waals surface area (Å²) in [4.78, 5) is 14.4. The Morgan fingerprint density at radius 2 is 2.16 bits per heavy atom. The van der Waals surface area contributed by atoms with Crippen LogP contribution in [0.2, 0.25) is 0 Å². The molecule has 1 saturated heterocycles. The molecule has 0 aromatic heterocycles. The van der Waals surface area contributed by atoms with Crippen molar-refractivity contribution in [3.05, 3.63) is 0 Å². The van der Waals surface area contributed by atoms with E-state index in [1.165, 1.54) is 0 Å². The minimum absolute atomic E-state index is 0.0269. The van der Waals surface area contributed by atoms with Crippen LogP contribution in [0.4, 0.5) is 0 Å². The lowest BCUT2D eigenvalue weighted by Crippen LogP contribution is -2.50. The summed E-state index contributed by atoms with van der Waals surface area (Å²) < 4.78 is 5.49. The van der Waals surface area contributed by atoms with E-state index in [4.69, 9.17) is 11.2 Å². The van der Waals surface area contributed by atoms with Gasteiger partial charge in [-0.2, -0.15) is 10.2 Å². The smallest absolute Gasteiger partial charge is 0.223 e. The van der Waals surface area contributed by atoms with Crippen molar-refractivity contribution in [1.82, 2.24) is 4.90 Å². The highest BCUT2D eigenvalue weighted by molar-refractivity contribution is 5.78. The van der Waals surface area contributed by atoms with Crippen LogP contribution < -0.4 is 0 Å². The first kappa shape index (κ1) is 12.6. The van der Waals surface area contributed by atoms with E-state index in [1.807, 2.05) is 4.90 Å². The summed E-state index contributed by atoms with van der Waals surface area (Å²) >= 11 is 0. The topological polar surface area (TPSA) is 54.3 Å². The van der Waals surface area contributed by atoms with E-state index in [1.54, 1.807) is 0 Å². The fourth-order valence-corrected chi connectivity index (χ4v) is 2.79. The number of carbonyl (C=O) groups excluding carboxylic acids is 1. The van der Waals surface area contributed by atoms with E-state index in [0.29, 0.717) is 32.5 Å². The zero-order valence-corrected chi connectivity index (χ0v) is 11.1. The van der Waals surface area contributed by atoms with Crippen LogP contribution in [0, 0.1) is 12.3 Å². The first-order valence-corrected chi connectivity index (χ1v) is 6.96. The van der Waals surface area contributed by atoms with Gasteiger partial charge in [0.1, 0.15) is 0 Å². The van der Waals surface area contributed by atoms with Crippen LogP contribution in [0.5, 0.6) is 0 Å². The quantitative estimate of drug-likeness (QED) is 0.708. The van der Waals surface area contributed by atoms with Gasteiger partial charge in [-0.3, -0.25) is 4.79 Å². The Balaban J connectivity index is 1.50. The van der Waals surface area contributed by atoms with Crippen molar-refractivity contribution in [2.45, 2.75) is 49.7 Å². The molecule has 2 aliphatic heterocycles. The fraction of sp³-hybridized carbons (Fsp3) is 0.786. The summed E-state index contributed by atoms with van der Waals surface area (Å²) in [6, 6.07) is 0. The van der Waals surface area contributed by atoms with Gasteiger partial charge < -0.3 is 9.64 Å². The van der Waals surface area contributed by atoms with Crippen LogP contribution in [0.3, 0.4) is 0 Å². The molecule has 19 heavy (non-hydrogen) atoms. The number of rotatable bonds is 5. The second-order valence-corrected chi connectivity index (χ2v) is 5.71. The number of amides is 1. The first-order chi connectivity index (χ1) is 9.20. The lowest BCUT2D eigenvalue weighted by atomic mass is 10.0. The van der Waals surface area contributed by atoms with Gasteiger partial charge >= 0.3 is 0 Å². The molecule has 3 aliphatic rings. The molecule has 2 heterocycles. The molecule has 3 rings (SSSR count). The van der Waals surface area contributed by atoms with Gasteiger partial charge in [0, 0.05) is 32.2 Å². The molecule has 0 atom stereocenters. The van der Waals surface area contributed by atoms with Crippen LogP contribution in [0.1, 0.15) is 38.5 Å². The van der Waals surface area contributed by atoms with E-state index < -0.39 is 0 Å². The van der Waals surface area contributed by atoms with Gasteiger partial charge in [-0.15, -0.1) is 12.3 Å². The Morgan fingerprint density at radius 1 is 1.37 bits per heavy atom. The van der Waals surface area contributed by atoms with Gasteiger partial charge in [0.15, 0.2) is 5.66 Å². The summed E-state index contributed by atoms with van der Waals surface area (Å²) in [6.45, 7) is 2.09. The highest BCUT2D eigenvalue weighted by atomic mass is 16.5. The third-order valence-electron chi connectivity index (χ3n) is 4.32. The number of terminal acetylenes is 1. The number of morpholine rings is 1. The van der Waals surface area contributed by atoms with Crippen LogP contribution in [0.15, 0.2) is 10.2 Å². The van der Waals surface area contributed by atoms with Crippen molar-refractivity contribution < 1.29 is 9.53 Å². The van der Waals surface area contributed by atoms with E-state index >= 15 is 0 Å². The van der Waals surface area contributed by atoms with E-state index in [2.05, 4.69) is 16.1 Å². The fourth-order valence-electron chi connectivity index (χ4n) is 2.79. The highest BCUT2D eigenvalue weighted by Crippen LogP contribution is 2.44. The van der Waals surface area contributed by atoms with Crippen LogP contribution in [0.25, 0.3) is 0 Å². The number of hydrogen-bond acceptors (Lipinski definition) is 4. The van der Waals surface area contributed by atoms with E-state index in [9.17, 15) is 4.79 Å². The predicted octanol–water partition coefficient (Wildman–Crippen LogP) is 1.73. The molecule has 0 aromatic rings. The standard InChI is InChI=1S/C14H19N3O2/c1-2-3-5-14(15-16-14)6-4-12(18)17-9-10-19-11-13(17)7-8-13/h1H,3-11H2. The second-order valence-electron chi connectivity index (χ2n) is 5.71. The van der Waals surface area contributed by atoms with Crippen molar-refractivity contribution in [3.8, 4) is 12.3 Å². The molecule has 5 nitrogen and oxygen atoms in total. The molecule has 1 amide bonds. The molecule has 1 saturated carbocycles. The SMILES string of the molecule is C#CCCC1(CCC(=O)N2CCOCC23CC3)N=N1. The van der Waals surface area contributed by atoms with Gasteiger partial charge in [-0.05, 0) is 12.8 Å². The van der Waals surface area contributed by atoms with Crippen molar-refractivity contribution in [2.24, 2.45) is 10.2 Å². The molecule has 102 valence electrons. The Hall–Kier alpha value is -1.41. The highest BCUT2D eigenvalue weighted by Gasteiger charge is 2.52. The zero-order valence-electron chi connectivity index (χ0n) is 11.1. The maximum atomic E-state index is 12.3. The summed E-state index contributed by atoms with van der Waals surface area (Å²) in [7, 11) is 0. The third kappa shape index (κ3) is 2.50. The molecule has 1 spiro atoms. The summed E-state index contributed by atoms with van der Waals surface area (Å²) in [5, 5.41) is 8.15. The van der Waals surface area contributed by atoms with Gasteiger partial charge in [0.05, 0.1) is 18.8 Å². The Bertz CT molecular complexity index is 442. The minimum atomic E-state index is -0.342. The number of ether oxygens (including phenoxy) is 1. The van der Waals surface area contributed by atoms with Gasteiger partial charge in [-0.1, -0.05) is 0 Å². The molecule has 1 aliphatic carbocycles. The molecule has 0 radical (unpaired) electrons. The molecule has 2 fully saturated rings. The molecule has 0 unspecified atom stereocenters. The average Bonchev–Trinajstić information content (AvgIpc) is 3.34. The summed E-state index contributed by atoms with van der Waals surface area (Å²) in [6.07, 6.45) is 10.1. The number of nitrogens with zero attached hydrogens (tertiary/aromatic N) is 3. The van der Waals surface area contributed by atoms with Gasteiger partial charge in [-0.25, -0.2) is 0 Å². The van der Waals surface area contributed by atoms with E-state index in [0.717, 1.165) is 25.8 Å². The van der Waals surface area contributed by atoms with Crippen LogP contribution >= 0.6 is 0 Å². The molecular weight excluding hydrogens is 242 g/mol. The third-order valence-corrected chi connectivity index (χ3v) is 4.32. The minimum Gasteiger partial charge on any atom is -0.377 e. The maximum Gasteiger partial charge on any atom is 0.223 e. The first-order valence-electron chi connectivity index (χ1n) is 6.96. The molecule has 0 bridgehead atoms. The lowest BCUT2D eigenvalue weighted by molar-refractivity contribution is -0.141. The van der Waals surface area contributed by atoms with Crippen molar-refractivity contribution in [1.29, 1.82) is 0 Å². The molecular formula is C14H19N3O2. The van der Waals surface area contributed by atoms with Gasteiger partial charge in [0.2, 0.25) is 5.91 Å². The average molecular weight is 261 g/mol. The predicted molar refractivity (Wildman–Crippen MR) is 69.4 cm³/mol. The number of carbonyl (C=O) groups is 1. The molecule has 5 heteroatoms. The number of hydrogen-bond donors (Lipinski definition) is 0. The molecule has 0 aromatic carbocycles. The summed E-state index contributed by atoms with van der Waals surface area (Å²) in [5.74, 6) is 2.83. The van der Waals surface area contributed by atoms with Crippen LogP contribution in [-0.4, -0.2) is 41.8 Å². The van der Waals surface area contributed by atoms with Gasteiger partial charge in [0.25, 0.3) is 0 Å². The van der Waals surface area contributed by atoms with E-state index in [-0.39, 0.29) is 17.1 Å². The Labute approximate surface area is 113 Å². The molecule has 0 N–H and O–H groups in total. The monoisotopic (exact) mass is 261 g/mol. The Kier molecular flexibility index (Phi) is 3.06. The largest absolute Gasteiger partial charge is 0.377 e. The summed E-state index contributed by atoms with van der Waals surface area (Å²) in [5.41, 5.74) is -0.315. The Morgan fingerprint density at radius 3 is 2.79 bits per heavy atom. The van der Waals surface area contributed by atoms with Crippen LogP contribution in [-0.2, 0) is 9.53 Å². The van der Waals surface area contributed by atoms with Crippen molar-refractivity contribution >= 4 is 5.91 Å². The van der Waals surface area contributed by atoms with Crippen molar-refractivity contribution in [3.63, 3.8) is 0 Å². The van der Waals surface area contributed by atoms with Crippen molar-refractivity contribution in [2.75, 3.05) is 19.8 Å². The maximum absolute atomic E-state index is 12.3. The second kappa shape index (κ2) is 4.61. The zero-order chi connectivity index (χ0) is 13.3. The normalized spacial score (nSPS) is 25.1.